The van der Waals surface area contributed by atoms with Gasteiger partial charge >= 0.3 is 0 Å². The molecule has 0 atom stereocenters. The minimum Gasteiger partial charge on any atom is -0.271 e. The molecule has 0 aliphatic heterocycles. The molecular formula is C17H18FN3O3S. The first kappa shape index (κ1) is 18.6. The molecule has 1 amide bonds. The summed E-state index contributed by atoms with van der Waals surface area (Å²) in [4.78, 5) is 12.0. The van der Waals surface area contributed by atoms with Crippen molar-refractivity contribution < 1.29 is 17.6 Å². The predicted octanol–water partition coefficient (Wildman–Crippen LogP) is 2.05. The zero-order valence-electron chi connectivity index (χ0n) is 13.8. The van der Waals surface area contributed by atoms with Crippen LogP contribution in [0.2, 0.25) is 0 Å². The molecule has 0 aromatic heterocycles. The second-order valence-corrected chi connectivity index (χ2v) is 7.36. The lowest BCUT2D eigenvalue weighted by atomic mass is 10.2. The summed E-state index contributed by atoms with van der Waals surface area (Å²) in [5, 5.41) is 3.81. The van der Waals surface area contributed by atoms with Gasteiger partial charge in [-0.25, -0.2) is 18.2 Å². The normalized spacial score (nSPS) is 11.5. The Kier molecular flexibility index (Phi) is 5.87. The van der Waals surface area contributed by atoms with Gasteiger partial charge in [-0.1, -0.05) is 35.9 Å². The first-order valence-corrected chi connectivity index (χ1v) is 9.22. The van der Waals surface area contributed by atoms with Crippen molar-refractivity contribution in [3.63, 3.8) is 0 Å². The highest BCUT2D eigenvalue weighted by molar-refractivity contribution is 7.92. The van der Waals surface area contributed by atoms with E-state index in [4.69, 9.17) is 0 Å². The number of anilines is 1. The number of carbonyl (C=O) groups excluding carboxylic acids is 1. The third-order valence-electron chi connectivity index (χ3n) is 3.23. The van der Waals surface area contributed by atoms with Crippen molar-refractivity contribution in [1.29, 1.82) is 0 Å². The monoisotopic (exact) mass is 363 g/mol. The van der Waals surface area contributed by atoms with Gasteiger partial charge in [-0.15, -0.1) is 0 Å². The molecule has 0 heterocycles. The van der Waals surface area contributed by atoms with Gasteiger partial charge in [0.25, 0.3) is 5.91 Å². The fourth-order valence-electron chi connectivity index (χ4n) is 2.13. The second kappa shape index (κ2) is 7.89. The van der Waals surface area contributed by atoms with Crippen LogP contribution in [0, 0.1) is 12.7 Å². The van der Waals surface area contributed by atoms with E-state index in [2.05, 4.69) is 10.5 Å². The molecular weight excluding hydrogens is 345 g/mol. The van der Waals surface area contributed by atoms with Crippen LogP contribution in [-0.2, 0) is 14.8 Å². The molecule has 2 rings (SSSR count). The van der Waals surface area contributed by atoms with E-state index in [0.29, 0.717) is 0 Å². The number of aryl methyl sites for hydroxylation is 1. The molecule has 0 saturated carbocycles. The summed E-state index contributed by atoms with van der Waals surface area (Å²) in [5.41, 5.74) is 4.18. The largest absolute Gasteiger partial charge is 0.271 e. The Morgan fingerprint density at radius 3 is 2.60 bits per heavy atom. The number of hydrazone groups is 1. The zero-order valence-corrected chi connectivity index (χ0v) is 14.6. The number of nitrogens with one attached hydrogen (secondary N) is 1. The standard InChI is InChI=1S/C17H18FN3O3S/c1-13-5-3-6-14(9-13)11-19-20-17(22)12-21(25(2,23)24)16-8-4-7-15(18)10-16/h3-11H,12H2,1-2H3,(H,20,22)/b19-11-. The van der Waals surface area contributed by atoms with Gasteiger partial charge in [0.15, 0.2) is 0 Å². The fraction of sp³-hybridized carbons (Fsp3) is 0.176. The number of hydrogen-bond donors (Lipinski definition) is 1. The smallest absolute Gasteiger partial charge is 0.260 e. The summed E-state index contributed by atoms with van der Waals surface area (Å²) in [6, 6.07) is 12.5. The molecule has 6 nitrogen and oxygen atoms in total. The van der Waals surface area contributed by atoms with Gasteiger partial charge < -0.3 is 0 Å². The highest BCUT2D eigenvalue weighted by Crippen LogP contribution is 2.18. The third-order valence-corrected chi connectivity index (χ3v) is 4.37. The molecule has 25 heavy (non-hydrogen) atoms. The number of amides is 1. The molecule has 2 aromatic rings. The maximum Gasteiger partial charge on any atom is 0.260 e. The number of carbonyl (C=O) groups is 1. The highest BCUT2D eigenvalue weighted by atomic mass is 32.2. The average Bonchev–Trinajstić information content (AvgIpc) is 2.51. The first-order chi connectivity index (χ1) is 11.8. The van der Waals surface area contributed by atoms with Crippen molar-refractivity contribution in [1.82, 2.24) is 5.43 Å². The van der Waals surface area contributed by atoms with Crippen molar-refractivity contribution >= 4 is 27.8 Å². The Labute approximate surface area is 146 Å². The fourth-order valence-corrected chi connectivity index (χ4v) is 2.97. The van der Waals surface area contributed by atoms with E-state index in [1.807, 2.05) is 31.2 Å². The number of halogens is 1. The van der Waals surface area contributed by atoms with Crippen LogP contribution in [-0.4, -0.2) is 33.3 Å². The lowest BCUT2D eigenvalue weighted by Gasteiger charge is -2.21. The van der Waals surface area contributed by atoms with E-state index >= 15 is 0 Å². The van der Waals surface area contributed by atoms with E-state index in [9.17, 15) is 17.6 Å². The Hall–Kier alpha value is -2.74. The zero-order chi connectivity index (χ0) is 18.4. The lowest BCUT2D eigenvalue weighted by molar-refractivity contribution is -0.119. The van der Waals surface area contributed by atoms with Crippen molar-refractivity contribution in [3.05, 3.63) is 65.5 Å². The Balaban J connectivity index is 2.07. The molecule has 1 N–H and O–H groups in total. The van der Waals surface area contributed by atoms with Crippen molar-refractivity contribution in [2.24, 2.45) is 5.10 Å². The Bertz CT molecular complexity index is 898. The van der Waals surface area contributed by atoms with Gasteiger partial charge in [0.05, 0.1) is 18.2 Å². The average molecular weight is 363 g/mol. The molecule has 0 radical (unpaired) electrons. The van der Waals surface area contributed by atoms with Gasteiger partial charge in [0.2, 0.25) is 10.0 Å². The second-order valence-electron chi connectivity index (χ2n) is 5.46. The molecule has 8 heteroatoms. The summed E-state index contributed by atoms with van der Waals surface area (Å²) in [7, 11) is -3.76. The molecule has 0 bridgehead atoms. The maximum atomic E-state index is 13.3. The van der Waals surface area contributed by atoms with Gasteiger partial charge in [-0.05, 0) is 30.7 Å². The molecule has 0 saturated heterocycles. The number of hydrogen-bond acceptors (Lipinski definition) is 4. The van der Waals surface area contributed by atoms with Gasteiger partial charge in [0, 0.05) is 0 Å². The molecule has 2 aromatic carbocycles. The summed E-state index contributed by atoms with van der Waals surface area (Å²) < 4.78 is 37.9. The Morgan fingerprint density at radius 2 is 1.96 bits per heavy atom. The summed E-state index contributed by atoms with van der Waals surface area (Å²) in [5.74, 6) is -1.23. The molecule has 0 fully saturated rings. The summed E-state index contributed by atoms with van der Waals surface area (Å²) in [6.07, 6.45) is 2.40. The molecule has 0 unspecified atom stereocenters. The van der Waals surface area contributed by atoms with Gasteiger partial charge in [0.1, 0.15) is 12.4 Å². The number of sulfonamides is 1. The third kappa shape index (κ3) is 5.68. The minimum absolute atomic E-state index is 0.0697. The SMILES string of the molecule is Cc1cccc(/C=N\NC(=O)CN(c2cccc(F)c2)S(C)(=O)=O)c1. The molecule has 0 aliphatic rings. The van der Waals surface area contributed by atoms with E-state index in [1.54, 1.807) is 0 Å². The highest BCUT2D eigenvalue weighted by Gasteiger charge is 2.21. The van der Waals surface area contributed by atoms with E-state index in [1.165, 1.54) is 24.4 Å². The van der Waals surface area contributed by atoms with Crippen LogP contribution in [0.15, 0.2) is 53.6 Å². The maximum absolute atomic E-state index is 13.3. The van der Waals surface area contributed by atoms with Crippen LogP contribution in [0.5, 0.6) is 0 Å². The number of benzene rings is 2. The van der Waals surface area contributed by atoms with Crippen molar-refractivity contribution in [3.8, 4) is 0 Å². The van der Waals surface area contributed by atoms with Crippen LogP contribution in [0.4, 0.5) is 10.1 Å². The van der Waals surface area contributed by atoms with Crippen LogP contribution in [0.3, 0.4) is 0 Å². The minimum atomic E-state index is -3.76. The molecule has 0 aliphatic carbocycles. The predicted molar refractivity (Wildman–Crippen MR) is 95.5 cm³/mol. The van der Waals surface area contributed by atoms with E-state index in [-0.39, 0.29) is 5.69 Å². The molecule has 0 spiro atoms. The lowest BCUT2D eigenvalue weighted by Crippen LogP contribution is -2.39. The van der Waals surface area contributed by atoms with Crippen LogP contribution in [0.25, 0.3) is 0 Å². The van der Waals surface area contributed by atoms with Crippen molar-refractivity contribution in [2.45, 2.75) is 6.92 Å². The van der Waals surface area contributed by atoms with Gasteiger partial charge in [-0.3, -0.25) is 9.10 Å². The quantitative estimate of drug-likeness (QED) is 0.630. The topological polar surface area (TPSA) is 78.8 Å². The summed E-state index contributed by atoms with van der Waals surface area (Å²) in [6.45, 7) is 1.42. The first-order valence-electron chi connectivity index (χ1n) is 7.37. The van der Waals surface area contributed by atoms with Crippen LogP contribution in [0.1, 0.15) is 11.1 Å². The summed E-state index contributed by atoms with van der Waals surface area (Å²) >= 11 is 0. The van der Waals surface area contributed by atoms with Crippen LogP contribution < -0.4 is 9.73 Å². The molecule has 132 valence electrons. The van der Waals surface area contributed by atoms with E-state index < -0.39 is 28.3 Å². The van der Waals surface area contributed by atoms with E-state index in [0.717, 1.165) is 27.8 Å². The Morgan fingerprint density at radius 1 is 1.24 bits per heavy atom. The van der Waals surface area contributed by atoms with Crippen molar-refractivity contribution in [2.75, 3.05) is 17.1 Å². The van der Waals surface area contributed by atoms with Gasteiger partial charge in [-0.2, -0.15) is 5.10 Å². The number of rotatable bonds is 6. The van der Waals surface area contributed by atoms with Crippen LogP contribution >= 0.6 is 0 Å². The number of nitrogens with zero attached hydrogens (tertiary/aromatic N) is 2.